The van der Waals surface area contributed by atoms with Gasteiger partial charge in [-0.25, -0.2) is 0 Å². The summed E-state index contributed by atoms with van der Waals surface area (Å²) in [7, 11) is 2.16. The zero-order chi connectivity index (χ0) is 11.5. The van der Waals surface area contributed by atoms with Crippen LogP contribution >= 0.6 is 11.6 Å². The Labute approximate surface area is 97.2 Å². The lowest BCUT2D eigenvalue weighted by Gasteiger charge is -2.40. The molecule has 0 spiro atoms. The molecular formula is C11H21ClN2O. The van der Waals surface area contributed by atoms with Crippen LogP contribution in [0.5, 0.6) is 0 Å². The molecule has 88 valence electrons. The Kier molecular flexibility index (Phi) is 4.41. The van der Waals surface area contributed by atoms with Gasteiger partial charge in [0.15, 0.2) is 0 Å². The fraction of sp³-hybridized carbons (Fsp3) is 0.909. The van der Waals surface area contributed by atoms with Crippen molar-refractivity contribution >= 4 is 17.0 Å². The molecule has 0 bridgehead atoms. The van der Waals surface area contributed by atoms with E-state index in [9.17, 15) is 4.79 Å². The molecule has 0 radical (unpaired) electrons. The van der Waals surface area contributed by atoms with Crippen LogP contribution in [0.1, 0.15) is 26.7 Å². The largest absolute Gasteiger partial charge is 0.342 e. The predicted molar refractivity (Wildman–Crippen MR) is 63.3 cm³/mol. The van der Waals surface area contributed by atoms with E-state index in [4.69, 9.17) is 11.6 Å². The van der Waals surface area contributed by atoms with Crippen molar-refractivity contribution in [3.8, 4) is 0 Å². The lowest BCUT2D eigenvalue weighted by atomic mass is 9.74. The van der Waals surface area contributed by atoms with Crippen LogP contribution in [0.4, 0.5) is 4.79 Å². The van der Waals surface area contributed by atoms with Gasteiger partial charge in [0, 0.05) is 13.1 Å². The average molecular weight is 233 g/mol. The number of hydrogen-bond acceptors (Lipinski definition) is 2. The van der Waals surface area contributed by atoms with Gasteiger partial charge in [0.05, 0.1) is 0 Å². The molecule has 1 atom stereocenters. The van der Waals surface area contributed by atoms with Gasteiger partial charge >= 0.3 is 5.37 Å². The van der Waals surface area contributed by atoms with Crippen molar-refractivity contribution < 1.29 is 4.79 Å². The average Bonchev–Trinajstić information content (AvgIpc) is 2.15. The van der Waals surface area contributed by atoms with Crippen molar-refractivity contribution in [1.82, 2.24) is 10.2 Å². The zero-order valence-electron chi connectivity index (χ0n) is 9.85. The van der Waals surface area contributed by atoms with Gasteiger partial charge in [-0.2, -0.15) is 0 Å². The SMILES string of the molecule is CN1CCCC(C(C)(C)CNC(=O)Cl)C1. The first-order valence-electron chi connectivity index (χ1n) is 5.54. The van der Waals surface area contributed by atoms with Gasteiger partial charge in [-0.15, -0.1) is 0 Å². The van der Waals surface area contributed by atoms with E-state index >= 15 is 0 Å². The maximum absolute atomic E-state index is 10.7. The minimum Gasteiger partial charge on any atom is -0.342 e. The number of piperidine rings is 1. The van der Waals surface area contributed by atoms with Gasteiger partial charge in [0.1, 0.15) is 0 Å². The number of amides is 1. The maximum Gasteiger partial charge on any atom is 0.313 e. The number of carbonyl (C=O) groups excluding carboxylic acids is 1. The topological polar surface area (TPSA) is 32.3 Å². The van der Waals surface area contributed by atoms with Crippen LogP contribution in [0, 0.1) is 11.3 Å². The van der Waals surface area contributed by atoms with Gasteiger partial charge in [0.2, 0.25) is 0 Å². The summed E-state index contributed by atoms with van der Waals surface area (Å²) in [6.45, 7) is 7.36. The summed E-state index contributed by atoms with van der Waals surface area (Å²) >= 11 is 5.29. The summed E-state index contributed by atoms with van der Waals surface area (Å²) in [5.41, 5.74) is 0.124. The Balaban J connectivity index is 2.47. The molecule has 1 heterocycles. The third kappa shape index (κ3) is 3.99. The molecule has 1 amide bonds. The summed E-state index contributed by atoms with van der Waals surface area (Å²) in [6.07, 6.45) is 2.49. The first-order chi connectivity index (χ1) is 6.92. The van der Waals surface area contributed by atoms with Gasteiger partial charge in [-0.1, -0.05) is 13.8 Å². The molecule has 3 nitrogen and oxygen atoms in total. The van der Waals surface area contributed by atoms with E-state index in [1.807, 2.05) is 0 Å². The highest BCUT2D eigenvalue weighted by atomic mass is 35.5. The number of likely N-dealkylation sites (tertiary alicyclic amines) is 1. The summed E-state index contributed by atoms with van der Waals surface area (Å²) in [5, 5.41) is 2.25. The Hall–Kier alpha value is -0.280. The molecule has 4 heteroatoms. The maximum atomic E-state index is 10.7. The van der Waals surface area contributed by atoms with Crippen LogP contribution in [-0.4, -0.2) is 36.9 Å². The molecule has 1 aliphatic rings. The number of rotatable bonds is 3. The normalized spacial score (nSPS) is 23.9. The smallest absolute Gasteiger partial charge is 0.313 e. The highest BCUT2D eigenvalue weighted by Gasteiger charge is 2.32. The Morgan fingerprint density at radius 3 is 2.80 bits per heavy atom. The first-order valence-corrected chi connectivity index (χ1v) is 5.91. The molecule has 1 N–H and O–H groups in total. The quantitative estimate of drug-likeness (QED) is 0.598. The van der Waals surface area contributed by atoms with Crippen molar-refractivity contribution in [2.24, 2.45) is 11.3 Å². The molecule has 0 aromatic rings. The van der Waals surface area contributed by atoms with E-state index in [1.54, 1.807) is 0 Å². The lowest BCUT2D eigenvalue weighted by molar-refractivity contribution is 0.105. The van der Waals surface area contributed by atoms with Crippen LogP contribution in [0.15, 0.2) is 0 Å². The molecule has 1 unspecified atom stereocenters. The minimum absolute atomic E-state index is 0.124. The van der Waals surface area contributed by atoms with E-state index in [0.29, 0.717) is 12.5 Å². The molecule has 1 rings (SSSR count). The van der Waals surface area contributed by atoms with E-state index in [1.165, 1.54) is 19.4 Å². The third-order valence-corrected chi connectivity index (χ3v) is 3.55. The van der Waals surface area contributed by atoms with Crippen LogP contribution in [0.2, 0.25) is 0 Å². The molecule has 1 aliphatic heterocycles. The second kappa shape index (κ2) is 5.17. The fourth-order valence-corrected chi connectivity index (χ4v) is 2.31. The molecule has 1 fully saturated rings. The molecule has 0 aliphatic carbocycles. The van der Waals surface area contributed by atoms with E-state index in [0.717, 1.165) is 6.54 Å². The van der Waals surface area contributed by atoms with Gasteiger partial charge in [0.25, 0.3) is 0 Å². The number of nitrogens with zero attached hydrogens (tertiary/aromatic N) is 1. The van der Waals surface area contributed by atoms with E-state index in [2.05, 4.69) is 31.1 Å². The van der Waals surface area contributed by atoms with Crippen molar-refractivity contribution in [1.29, 1.82) is 0 Å². The Morgan fingerprint density at radius 1 is 1.60 bits per heavy atom. The molecule has 0 aromatic heterocycles. The Bertz CT molecular complexity index is 231. The number of hydrogen-bond donors (Lipinski definition) is 1. The van der Waals surface area contributed by atoms with Gasteiger partial charge in [-0.05, 0) is 49.4 Å². The zero-order valence-corrected chi connectivity index (χ0v) is 10.6. The second-order valence-corrected chi connectivity index (χ2v) is 5.56. The first kappa shape index (κ1) is 12.8. The standard InChI is InChI=1S/C11H21ClN2O/c1-11(2,8-13-10(12)15)9-5-4-6-14(3)7-9/h9H,4-8H2,1-3H3,(H,13,15). The highest BCUT2D eigenvalue weighted by Crippen LogP contribution is 2.32. The number of carbonyl (C=O) groups is 1. The van der Waals surface area contributed by atoms with Crippen LogP contribution < -0.4 is 5.32 Å². The lowest BCUT2D eigenvalue weighted by Crippen LogP contribution is -2.44. The van der Waals surface area contributed by atoms with E-state index < -0.39 is 5.37 Å². The number of halogens is 1. The highest BCUT2D eigenvalue weighted by molar-refractivity contribution is 6.62. The monoisotopic (exact) mass is 232 g/mol. The molecule has 0 saturated carbocycles. The van der Waals surface area contributed by atoms with Gasteiger partial charge in [-0.3, -0.25) is 4.79 Å². The van der Waals surface area contributed by atoms with Crippen LogP contribution in [-0.2, 0) is 0 Å². The van der Waals surface area contributed by atoms with Crippen LogP contribution in [0.3, 0.4) is 0 Å². The van der Waals surface area contributed by atoms with Crippen LogP contribution in [0.25, 0.3) is 0 Å². The molecular weight excluding hydrogens is 212 g/mol. The Morgan fingerprint density at radius 2 is 2.27 bits per heavy atom. The molecule has 1 saturated heterocycles. The summed E-state index contributed by atoms with van der Waals surface area (Å²) in [5.74, 6) is 0.639. The predicted octanol–water partition coefficient (Wildman–Crippen LogP) is 2.30. The molecule has 15 heavy (non-hydrogen) atoms. The fourth-order valence-electron chi connectivity index (χ4n) is 2.25. The summed E-state index contributed by atoms with van der Waals surface area (Å²) in [6, 6.07) is 0. The van der Waals surface area contributed by atoms with Crippen molar-refractivity contribution in [3.05, 3.63) is 0 Å². The summed E-state index contributed by atoms with van der Waals surface area (Å²) in [4.78, 5) is 13.0. The summed E-state index contributed by atoms with van der Waals surface area (Å²) < 4.78 is 0. The van der Waals surface area contributed by atoms with E-state index in [-0.39, 0.29) is 5.41 Å². The van der Waals surface area contributed by atoms with Crippen molar-refractivity contribution in [3.63, 3.8) is 0 Å². The number of nitrogens with one attached hydrogen (secondary N) is 1. The van der Waals surface area contributed by atoms with Crippen molar-refractivity contribution in [2.75, 3.05) is 26.7 Å². The second-order valence-electron chi connectivity index (χ2n) is 5.22. The molecule has 0 aromatic carbocycles. The van der Waals surface area contributed by atoms with Crippen molar-refractivity contribution in [2.45, 2.75) is 26.7 Å². The third-order valence-electron chi connectivity index (χ3n) is 3.41. The van der Waals surface area contributed by atoms with Gasteiger partial charge < -0.3 is 10.2 Å². The minimum atomic E-state index is -0.452.